The number of amides is 1. The van der Waals surface area contributed by atoms with Crippen molar-refractivity contribution in [1.82, 2.24) is 0 Å². The third-order valence-electron chi connectivity index (χ3n) is 4.74. The quantitative estimate of drug-likeness (QED) is 0.451. The maximum Gasteiger partial charge on any atom is 0.348 e. The minimum Gasteiger partial charge on any atom is -0.465 e. The van der Waals surface area contributed by atoms with E-state index in [0.29, 0.717) is 11.3 Å². The van der Waals surface area contributed by atoms with Gasteiger partial charge in [-0.1, -0.05) is 0 Å². The first-order valence-electron chi connectivity index (χ1n) is 8.84. The zero-order chi connectivity index (χ0) is 21.1. The number of carbonyl (C=O) groups excluding carboxylic acids is 2. The lowest BCUT2D eigenvalue weighted by molar-refractivity contribution is -0.384. The molecule has 29 heavy (non-hydrogen) atoms. The van der Waals surface area contributed by atoms with Crippen molar-refractivity contribution in [1.29, 1.82) is 5.26 Å². The first-order chi connectivity index (χ1) is 13.9. The van der Waals surface area contributed by atoms with Crippen LogP contribution in [-0.4, -0.2) is 37.0 Å². The SMILES string of the molecule is COC(=O)c1sc(NC(=O)c2ccc(N3CCCC3)c([N+](=O)[O-])c2)c(C#N)c1C. The van der Waals surface area contributed by atoms with Crippen LogP contribution in [0, 0.1) is 28.4 Å². The van der Waals surface area contributed by atoms with Crippen molar-refractivity contribution in [2.75, 3.05) is 30.4 Å². The summed E-state index contributed by atoms with van der Waals surface area (Å²) >= 11 is 0.929. The first kappa shape index (κ1) is 20.3. The number of hydrogen-bond donors (Lipinski definition) is 1. The Balaban J connectivity index is 1.92. The minimum atomic E-state index is -0.602. The molecule has 1 aromatic carbocycles. The summed E-state index contributed by atoms with van der Waals surface area (Å²) in [6, 6.07) is 6.29. The molecule has 1 aliphatic heterocycles. The number of benzene rings is 1. The van der Waals surface area contributed by atoms with Crippen LogP contribution in [0.4, 0.5) is 16.4 Å². The third kappa shape index (κ3) is 3.90. The van der Waals surface area contributed by atoms with Crippen LogP contribution in [-0.2, 0) is 4.74 Å². The Morgan fingerprint density at radius 1 is 1.34 bits per heavy atom. The topological polar surface area (TPSA) is 126 Å². The van der Waals surface area contributed by atoms with Gasteiger partial charge in [-0.2, -0.15) is 5.26 Å². The summed E-state index contributed by atoms with van der Waals surface area (Å²) in [5, 5.41) is 23.7. The van der Waals surface area contributed by atoms with Gasteiger partial charge in [0.1, 0.15) is 21.6 Å². The normalized spacial score (nSPS) is 13.1. The molecule has 1 N–H and O–H groups in total. The number of carbonyl (C=O) groups is 2. The van der Waals surface area contributed by atoms with E-state index in [1.54, 1.807) is 13.0 Å². The molecule has 10 heteroatoms. The zero-order valence-corrected chi connectivity index (χ0v) is 16.7. The van der Waals surface area contributed by atoms with Crippen molar-refractivity contribution in [3.8, 4) is 6.07 Å². The van der Waals surface area contributed by atoms with E-state index in [0.717, 1.165) is 37.3 Å². The molecule has 0 radical (unpaired) electrons. The zero-order valence-electron chi connectivity index (χ0n) is 15.9. The summed E-state index contributed by atoms with van der Waals surface area (Å²) < 4.78 is 4.69. The molecular formula is C19H18N4O5S. The van der Waals surface area contributed by atoms with Crippen LogP contribution in [0.25, 0.3) is 0 Å². The molecule has 9 nitrogen and oxygen atoms in total. The van der Waals surface area contributed by atoms with Crippen molar-refractivity contribution in [3.63, 3.8) is 0 Å². The summed E-state index contributed by atoms with van der Waals surface area (Å²) in [6.07, 6.45) is 1.94. The second-order valence-corrected chi connectivity index (χ2v) is 7.49. The van der Waals surface area contributed by atoms with Gasteiger partial charge < -0.3 is 15.0 Å². The van der Waals surface area contributed by atoms with Crippen molar-refractivity contribution in [3.05, 3.63) is 49.9 Å². The van der Waals surface area contributed by atoms with Gasteiger partial charge in [-0.25, -0.2) is 4.79 Å². The fourth-order valence-corrected chi connectivity index (χ4v) is 4.31. The summed E-state index contributed by atoms with van der Waals surface area (Å²) in [4.78, 5) is 37.7. The molecule has 0 bridgehead atoms. The average Bonchev–Trinajstić information content (AvgIpc) is 3.35. The molecule has 1 fully saturated rings. The Bertz CT molecular complexity index is 1030. The van der Waals surface area contributed by atoms with Crippen LogP contribution in [0.2, 0.25) is 0 Å². The molecule has 0 atom stereocenters. The highest BCUT2D eigenvalue weighted by atomic mass is 32.1. The van der Waals surface area contributed by atoms with Crippen molar-refractivity contribution >= 4 is 39.6 Å². The molecule has 0 aliphatic carbocycles. The van der Waals surface area contributed by atoms with E-state index in [4.69, 9.17) is 4.74 Å². The van der Waals surface area contributed by atoms with Gasteiger partial charge in [-0.3, -0.25) is 14.9 Å². The summed E-state index contributed by atoms with van der Waals surface area (Å²) in [5.41, 5.74) is 1.01. The number of nitro groups is 1. The highest BCUT2D eigenvalue weighted by Gasteiger charge is 2.25. The fraction of sp³-hybridized carbons (Fsp3) is 0.316. The highest BCUT2D eigenvalue weighted by molar-refractivity contribution is 7.18. The van der Waals surface area contributed by atoms with E-state index in [-0.39, 0.29) is 26.7 Å². The number of hydrogen-bond acceptors (Lipinski definition) is 8. The Labute approximate surface area is 170 Å². The van der Waals surface area contributed by atoms with Crippen molar-refractivity contribution in [2.45, 2.75) is 19.8 Å². The maximum atomic E-state index is 12.7. The van der Waals surface area contributed by atoms with E-state index >= 15 is 0 Å². The average molecular weight is 414 g/mol. The summed E-state index contributed by atoms with van der Waals surface area (Å²) in [6.45, 7) is 3.07. The maximum absolute atomic E-state index is 12.7. The molecule has 3 rings (SSSR count). The Morgan fingerprint density at radius 2 is 2.03 bits per heavy atom. The van der Waals surface area contributed by atoms with Crippen molar-refractivity contribution < 1.29 is 19.2 Å². The Hall–Kier alpha value is -3.45. The number of nitrogens with one attached hydrogen (secondary N) is 1. The smallest absolute Gasteiger partial charge is 0.348 e. The largest absolute Gasteiger partial charge is 0.465 e. The number of thiophene rings is 1. The number of ether oxygens (including phenoxy) is 1. The number of nitrogens with zero attached hydrogens (tertiary/aromatic N) is 3. The summed E-state index contributed by atoms with van der Waals surface area (Å²) in [5.74, 6) is -1.20. The standard InChI is InChI=1S/C19H18N4O5S/c1-11-13(10-20)18(29-16(11)19(25)28-2)21-17(24)12-5-6-14(15(9-12)23(26)27)22-7-3-4-8-22/h5-6,9H,3-4,7-8H2,1-2H3,(H,21,24). The lowest BCUT2D eigenvalue weighted by Gasteiger charge is -2.17. The van der Waals surface area contributed by atoms with E-state index in [1.165, 1.54) is 19.2 Å². The van der Waals surface area contributed by atoms with E-state index in [1.807, 2.05) is 11.0 Å². The van der Waals surface area contributed by atoms with Gasteiger partial charge in [0.05, 0.1) is 17.6 Å². The molecule has 2 aromatic rings. The molecular weight excluding hydrogens is 396 g/mol. The van der Waals surface area contributed by atoms with E-state index in [9.17, 15) is 25.0 Å². The number of nitro benzene ring substituents is 1. The molecule has 150 valence electrons. The monoisotopic (exact) mass is 414 g/mol. The number of methoxy groups -OCH3 is 1. The lowest BCUT2D eigenvalue weighted by Crippen LogP contribution is -2.19. The predicted octanol–water partition coefficient (Wildman–Crippen LogP) is 3.48. The number of esters is 1. The molecule has 1 amide bonds. The second-order valence-electron chi connectivity index (χ2n) is 6.47. The lowest BCUT2D eigenvalue weighted by atomic mass is 10.1. The number of anilines is 2. The molecule has 1 aromatic heterocycles. The minimum absolute atomic E-state index is 0.0919. The summed E-state index contributed by atoms with van der Waals surface area (Å²) in [7, 11) is 1.23. The molecule has 1 aliphatic rings. The van der Waals surface area contributed by atoms with Gasteiger partial charge in [-0.05, 0) is 37.5 Å². The number of rotatable bonds is 5. The highest BCUT2D eigenvalue weighted by Crippen LogP contribution is 2.35. The van der Waals surface area contributed by atoms with Crippen molar-refractivity contribution in [2.24, 2.45) is 0 Å². The molecule has 0 unspecified atom stereocenters. The fourth-order valence-electron chi connectivity index (χ4n) is 3.24. The molecule has 2 heterocycles. The van der Waals surface area contributed by atoms with Crippen LogP contribution in [0.1, 0.15) is 44.0 Å². The van der Waals surface area contributed by atoms with Gasteiger partial charge in [0.15, 0.2) is 0 Å². The van der Waals surface area contributed by atoms with Gasteiger partial charge in [0, 0.05) is 24.7 Å². The van der Waals surface area contributed by atoms with E-state index < -0.39 is 16.8 Å². The molecule has 0 saturated carbocycles. The second kappa shape index (κ2) is 8.28. The van der Waals surface area contributed by atoms with Gasteiger partial charge in [0.25, 0.3) is 11.6 Å². The van der Waals surface area contributed by atoms with Crippen LogP contribution >= 0.6 is 11.3 Å². The Kier molecular flexibility index (Phi) is 5.79. The first-order valence-corrected chi connectivity index (χ1v) is 9.65. The molecule has 1 saturated heterocycles. The van der Waals surface area contributed by atoms with E-state index in [2.05, 4.69) is 5.32 Å². The van der Waals surface area contributed by atoms with Gasteiger partial charge in [0.2, 0.25) is 0 Å². The van der Waals surface area contributed by atoms with Crippen LogP contribution in [0.15, 0.2) is 18.2 Å². The third-order valence-corrected chi connectivity index (χ3v) is 5.92. The predicted molar refractivity (Wildman–Crippen MR) is 108 cm³/mol. The van der Waals surface area contributed by atoms with Crippen LogP contribution in [0.3, 0.4) is 0 Å². The molecule has 0 spiro atoms. The Morgan fingerprint density at radius 3 is 2.62 bits per heavy atom. The van der Waals surface area contributed by atoms with Crippen LogP contribution < -0.4 is 10.2 Å². The van der Waals surface area contributed by atoms with Gasteiger partial charge >= 0.3 is 5.97 Å². The number of nitriles is 1. The van der Waals surface area contributed by atoms with Gasteiger partial charge in [-0.15, -0.1) is 11.3 Å². The van der Waals surface area contributed by atoms with Crippen LogP contribution in [0.5, 0.6) is 0 Å².